The SMILES string of the molecule is COc1ccc(Oc2ccc(S(N)(=O)=O)cc2)c(Br)c1. The Morgan fingerprint density at radius 1 is 1.05 bits per heavy atom. The predicted molar refractivity (Wildman–Crippen MR) is 78.6 cm³/mol. The van der Waals surface area contributed by atoms with Gasteiger partial charge < -0.3 is 9.47 Å². The first kappa shape index (κ1) is 14.8. The third kappa shape index (κ3) is 3.50. The second kappa shape index (κ2) is 5.82. The molecular weight excluding hydrogens is 346 g/mol. The first-order valence-corrected chi connectivity index (χ1v) is 7.88. The molecule has 0 radical (unpaired) electrons. The van der Waals surface area contributed by atoms with Crippen LogP contribution in [-0.4, -0.2) is 15.5 Å². The van der Waals surface area contributed by atoms with Gasteiger partial charge in [0.05, 0.1) is 16.5 Å². The Hall–Kier alpha value is -1.57. The molecule has 0 fully saturated rings. The molecule has 2 aromatic carbocycles. The van der Waals surface area contributed by atoms with Crippen molar-refractivity contribution < 1.29 is 17.9 Å². The monoisotopic (exact) mass is 357 g/mol. The third-order valence-electron chi connectivity index (χ3n) is 2.52. The molecule has 0 spiro atoms. The topological polar surface area (TPSA) is 78.6 Å². The van der Waals surface area contributed by atoms with Crippen LogP contribution in [0.2, 0.25) is 0 Å². The number of primary sulfonamides is 1. The number of methoxy groups -OCH3 is 1. The van der Waals surface area contributed by atoms with Crippen molar-refractivity contribution in [3.63, 3.8) is 0 Å². The van der Waals surface area contributed by atoms with Crippen molar-refractivity contribution in [1.29, 1.82) is 0 Å². The van der Waals surface area contributed by atoms with E-state index in [9.17, 15) is 8.42 Å². The largest absolute Gasteiger partial charge is 0.497 e. The number of hydrogen-bond acceptors (Lipinski definition) is 4. The van der Waals surface area contributed by atoms with Crippen LogP contribution in [0.1, 0.15) is 0 Å². The van der Waals surface area contributed by atoms with E-state index in [1.54, 1.807) is 25.3 Å². The van der Waals surface area contributed by atoms with Gasteiger partial charge in [-0.1, -0.05) is 0 Å². The summed E-state index contributed by atoms with van der Waals surface area (Å²) in [4.78, 5) is 0.0404. The fourth-order valence-electron chi connectivity index (χ4n) is 1.52. The van der Waals surface area contributed by atoms with Gasteiger partial charge in [-0.15, -0.1) is 0 Å². The average Bonchev–Trinajstić information content (AvgIpc) is 2.40. The molecule has 0 saturated carbocycles. The first-order chi connectivity index (χ1) is 9.40. The van der Waals surface area contributed by atoms with Crippen molar-refractivity contribution in [3.8, 4) is 17.2 Å². The first-order valence-electron chi connectivity index (χ1n) is 5.54. The number of rotatable bonds is 4. The summed E-state index contributed by atoms with van der Waals surface area (Å²) in [7, 11) is -2.11. The lowest BCUT2D eigenvalue weighted by molar-refractivity contribution is 0.412. The zero-order valence-corrected chi connectivity index (χ0v) is 12.9. The third-order valence-corrected chi connectivity index (χ3v) is 4.07. The van der Waals surface area contributed by atoms with E-state index >= 15 is 0 Å². The van der Waals surface area contributed by atoms with Crippen molar-refractivity contribution >= 4 is 26.0 Å². The molecule has 0 bridgehead atoms. The fourth-order valence-corrected chi connectivity index (χ4v) is 2.47. The molecule has 2 aromatic rings. The van der Waals surface area contributed by atoms with E-state index in [1.807, 2.05) is 0 Å². The molecule has 2 rings (SSSR count). The van der Waals surface area contributed by atoms with Crippen LogP contribution in [0.3, 0.4) is 0 Å². The summed E-state index contributed by atoms with van der Waals surface area (Å²) in [5.74, 6) is 1.80. The highest BCUT2D eigenvalue weighted by atomic mass is 79.9. The van der Waals surface area contributed by atoms with E-state index in [0.717, 1.165) is 4.47 Å². The maximum absolute atomic E-state index is 11.1. The Bertz CT molecular complexity index is 714. The van der Waals surface area contributed by atoms with Crippen molar-refractivity contribution in [2.24, 2.45) is 5.14 Å². The Morgan fingerprint density at radius 3 is 2.15 bits per heavy atom. The minimum atomic E-state index is -3.69. The predicted octanol–water partition coefficient (Wildman–Crippen LogP) is 2.90. The lowest BCUT2D eigenvalue weighted by Crippen LogP contribution is -2.11. The van der Waals surface area contributed by atoms with Crippen LogP contribution in [0.25, 0.3) is 0 Å². The summed E-state index contributed by atoms with van der Waals surface area (Å²) in [5, 5.41) is 5.03. The van der Waals surface area contributed by atoms with Crippen molar-refractivity contribution in [2.45, 2.75) is 4.90 Å². The van der Waals surface area contributed by atoms with E-state index in [2.05, 4.69) is 15.9 Å². The number of hydrogen-bond donors (Lipinski definition) is 1. The van der Waals surface area contributed by atoms with Gasteiger partial charge in [-0.3, -0.25) is 0 Å². The Labute approximate surface area is 125 Å². The van der Waals surface area contributed by atoms with Gasteiger partial charge in [0.25, 0.3) is 0 Å². The van der Waals surface area contributed by atoms with Crippen molar-refractivity contribution in [2.75, 3.05) is 7.11 Å². The average molecular weight is 358 g/mol. The molecule has 0 amide bonds. The Kier molecular flexibility index (Phi) is 4.32. The Morgan fingerprint density at radius 2 is 1.65 bits per heavy atom. The van der Waals surface area contributed by atoms with Crippen LogP contribution in [0.5, 0.6) is 17.2 Å². The van der Waals surface area contributed by atoms with E-state index in [-0.39, 0.29) is 4.90 Å². The second-order valence-corrected chi connectivity index (χ2v) is 6.33. The highest BCUT2D eigenvalue weighted by molar-refractivity contribution is 9.10. The van der Waals surface area contributed by atoms with E-state index in [4.69, 9.17) is 14.6 Å². The lowest BCUT2D eigenvalue weighted by Gasteiger charge is -2.09. The molecule has 0 atom stereocenters. The van der Waals surface area contributed by atoms with E-state index in [1.165, 1.54) is 24.3 Å². The summed E-state index contributed by atoms with van der Waals surface area (Å²) in [6.07, 6.45) is 0. The number of benzene rings is 2. The van der Waals surface area contributed by atoms with Crippen LogP contribution in [0.15, 0.2) is 51.8 Å². The summed E-state index contributed by atoms with van der Waals surface area (Å²) in [6, 6.07) is 11.1. The van der Waals surface area contributed by atoms with E-state index in [0.29, 0.717) is 17.2 Å². The number of nitrogens with two attached hydrogens (primary N) is 1. The van der Waals surface area contributed by atoms with Gasteiger partial charge >= 0.3 is 0 Å². The van der Waals surface area contributed by atoms with Gasteiger partial charge in [0.1, 0.15) is 17.2 Å². The standard InChI is InChI=1S/C13H12BrNO4S/c1-18-10-4-7-13(12(14)8-10)19-9-2-5-11(6-3-9)20(15,16)17/h2-8H,1H3,(H2,15,16,17). The van der Waals surface area contributed by atoms with Crippen LogP contribution in [0, 0.1) is 0 Å². The molecule has 0 aliphatic rings. The maximum atomic E-state index is 11.1. The number of sulfonamides is 1. The van der Waals surface area contributed by atoms with Gasteiger partial charge in [-0.2, -0.15) is 0 Å². The minimum Gasteiger partial charge on any atom is -0.497 e. The summed E-state index contributed by atoms with van der Waals surface area (Å²) < 4.78 is 33.7. The van der Waals surface area contributed by atoms with Crippen LogP contribution in [-0.2, 0) is 10.0 Å². The molecule has 106 valence electrons. The highest BCUT2D eigenvalue weighted by Gasteiger charge is 2.08. The highest BCUT2D eigenvalue weighted by Crippen LogP contribution is 2.32. The summed E-state index contributed by atoms with van der Waals surface area (Å²) in [6.45, 7) is 0. The quantitative estimate of drug-likeness (QED) is 0.912. The number of ether oxygens (including phenoxy) is 2. The molecular formula is C13H12BrNO4S. The molecule has 0 unspecified atom stereocenters. The zero-order chi connectivity index (χ0) is 14.8. The molecule has 2 N–H and O–H groups in total. The smallest absolute Gasteiger partial charge is 0.238 e. The van der Waals surface area contributed by atoms with Gasteiger partial charge in [0.2, 0.25) is 10.0 Å². The maximum Gasteiger partial charge on any atom is 0.238 e. The zero-order valence-electron chi connectivity index (χ0n) is 10.5. The van der Waals surface area contributed by atoms with Crippen molar-refractivity contribution in [3.05, 3.63) is 46.9 Å². The molecule has 5 nitrogen and oxygen atoms in total. The van der Waals surface area contributed by atoms with Gasteiger partial charge in [-0.05, 0) is 58.4 Å². The van der Waals surface area contributed by atoms with Crippen LogP contribution in [0.4, 0.5) is 0 Å². The van der Waals surface area contributed by atoms with Gasteiger partial charge in [0.15, 0.2) is 0 Å². The van der Waals surface area contributed by atoms with Crippen LogP contribution < -0.4 is 14.6 Å². The summed E-state index contributed by atoms with van der Waals surface area (Å²) in [5.41, 5.74) is 0. The summed E-state index contributed by atoms with van der Waals surface area (Å²) >= 11 is 3.37. The number of halogens is 1. The molecule has 7 heteroatoms. The van der Waals surface area contributed by atoms with Gasteiger partial charge in [0, 0.05) is 0 Å². The molecule has 0 aromatic heterocycles. The van der Waals surface area contributed by atoms with Crippen LogP contribution >= 0.6 is 15.9 Å². The molecule has 0 aliphatic heterocycles. The van der Waals surface area contributed by atoms with Crippen molar-refractivity contribution in [1.82, 2.24) is 0 Å². The molecule has 0 heterocycles. The Balaban J connectivity index is 2.22. The lowest BCUT2D eigenvalue weighted by atomic mass is 10.3. The fraction of sp³-hybridized carbons (Fsp3) is 0.0769. The molecule has 20 heavy (non-hydrogen) atoms. The minimum absolute atomic E-state index is 0.0404. The normalized spacial score (nSPS) is 11.2. The van der Waals surface area contributed by atoms with Gasteiger partial charge in [-0.25, -0.2) is 13.6 Å². The molecule has 0 aliphatic carbocycles. The second-order valence-electron chi connectivity index (χ2n) is 3.91. The van der Waals surface area contributed by atoms with E-state index < -0.39 is 10.0 Å². The molecule has 0 saturated heterocycles.